The van der Waals surface area contributed by atoms with Crippen molar-refractivity contribution in [1.82, 2.24) is 9.80 Å². The highest BCUT2D eigenvalue weighted by atomic mass is 16.6. The maximum Gasteiger partial charge on any atom is 0.409 e. The third kappa shape index (κ3) is 2.98. The Bertz CT molecular complexity index is 597. The van der Waals surface area contributed by atoms with E-state index in [4.69, 9.17) is 4.74 Å². The van der Waals surface area contributed by atoms with Crippen LogP contribution in [0.15, 0.2) is 24.3 Å². The number of nitrogens with zero attached hydrogens (tertiary/aromatic N) is 3. The molecule has 0 aliphatic carbocycles. The number of carbonyl (C=O) groups excluding carboxylic acids is 2. The molecule has 0 saturated carbocycles. The molecule has 124 valence electrons. The number of hydrogen-bond acceptors (Lipinski definition) is 3. The first-order chi connectivity index (χ1) is 11.1. The Hall–Kier alpha value is -2.24. The molecule has 1 unspecified atom stereocenters. The summed E-state index contributed by atoms with van der Waals surface area (Å²) in [5.74, 6) is 0. The van der Waals surface area contributed by atoms with Crippen LogP contribution in [-0.2, 0) is 11.2 Å². The highest BCUT2D eigenvalue weighted by molar-refractivity contribution is 5.95. The molecule has 2 heterocycles. The zero-order valence-electron chi connectivity index (χ0n) is 13.7. The first-order valence-electron chi connectivity index (χ1n) is 8.19. The van der Waals surface area contributed by atoms with Crippen molar-refractivity contribution >= 4 is 17.8 Å². The van der Waals surface area contributed by atoms with E-state index in [1.165, 1.54) is 5.56 Å². The van der Waals surface area contributed by atoms with Crippen LogP contribution in [0.5, 0.6) is 0 Å². The molecule has 0 radical (unpaired) electrons. The number of anilines is 1. The highest BCUT2D eigenvalue weighted by Gasteiger charge is 2.35. The summed E-state index contributed by atoms with van der Waals surface area (Å²) in [6.45, 7) is 6.38. The molecule has 1 saturated heterocycles. The van der Waals surface area contributed by atoms with Gasteiger partial charge in [-0.25, -0.2) is 9.59 Å². The minimum atomic E-state index is -0.292. The Morgan fingerprint density at radius 3 is 2.48 bits per heavy atom. The molecule has 1 aromatic rings. The fourth-order valence-corrected chi connectivity index (χ4v) is 3.30. The first kappa shape index (κ1) is 15.6. The number of piperazine rings is 1. The number of carbonyl (C=O) groups is 2. The van der Waals surface area contributed by atoms with Gasteiger partial charge in [-0.3, -0.25) is 4.90 Å². The van der Waals surface area contributed by atoms with E-state index in [1.54, 1.807) is 11.8 Å². The number of rotatable bonds is 1. The van der Waals surface area contributed by atoms with Gasteiger partial charge in [0, 0.05) is 37.9 Å². The van der Waals surface area contributed by atoms with Gasteiger partial charge >= 0.3 is 12.1 Å². The van der Waals surface area contributed by atoms with Crippen LogP contribution in [-0.4, -0.2) is 60.8 Å². The van der Waals surface area contributed by atoms with E-state index in [0.29, 0.717) is 32.8 Å². The van der Waals surface area contributed by atoms with Crippen molar-refractivity contribution in [3.63, 3.8) is 0 Å². The number of fused-ring (bicyclic) bond motifs is 1. The van der Waals surface area contributed by atoms with Crippen LogP contribution in [0.25, 0.3) is 0 Å². The number of ether oxygens (including phenoxy) is 1. The Balaban J connectivity index is 1.65. The van der Waals surface area contributed by atoms with Crippen molar-refractivity contribution in [2.45, 2.75) is 26.3 Å². The van der Waals surface area contributed by atoms with Gasteiger partial charge < -0.3 is 14.5 Å². The maximum absolute atomic E-state index is 12.9. The zero-order chi connectivity index (χ0) is 16.4. The monoisotopic (exact) mass is 317 g/mol. The van der Waals surface area contributed by atoms with E-state index in [2.05, 4.69) is 13.0 Å². The largest absolute Gasteiger partial charge is 0.450 e. The molecular weight excluding hydrogens is 294 g/mol. The second-order valence-electron chi connectivity index (χ2n) is 6.01. The van der Waals surface area contributed by atoms with Gasteiger partial charge in [-0.05, 0) is 31.9 Å². The third-order valence-electron chi connectivity index (χ3n) is 4.49. The lowest BCUT2D eigenvalue weighted by molar-refractivity contribution is 0.0859. The predicted molar refractivity (Wildman–Crippen MR) is 87.7 cm³/mol. The summed E-state index contributed by atoms with van der Waals surface area (Å²) in [6.07, 6.45) is 0.601. The predicted octanol–water partition coefficient (Wildman–Crippen LogP) is 2.33. The maximum atomic E-state index is 12.9. The molecule has 23 heavy (non-hydrogen) atoms. The van der Waals surface area contributed by atoms with Crippen LogP contribution in [0.1, 0.15) is 19.4 Å². The van der Waals surface area contributed by atoms with Crippen LogP contribution >= 0.6 is 0 Å². The zero-order valence-corrected chi connectivity index (χ0v) is 13.7. The molecule has 3 rings (SSSR count). The summed E-state index contributed by atoms with van der Waals surface area (Å²) >= 11 is 0. The van der Waals surface area contributed by atoms with Crippen molar-refractivity contribution in [2.75, 3.05) is 37.7 Å². The molecule has 0 aromatic heterocycles. The standard InChI is InChI=1S/C17H23N3O3/c1-3-23-17(22)19-10-8-18(9-11-19)16(21)20-13(2)12-14-6-4-5-7-15(14)20/h4-7,13H,3,8-12H2,1-2H3. The number of amides is 3. The lowest BCUT2D eigenvalue weighted by Crippen LogP contribution is -2.55. The van der Waals surface area contributed by atoms with E-state index in [9.17, 15) is 9.59 Å². The third-order valence-corrected chi connectivity index (χ3v) is 4.49. The molecule has 6 heteroatoms. The minimum absolute atomic E-state index is 0.0333. The smallest absolute Gasteiger partial charge is 0.409 e. The van der Waals surface area contributed by atoms with Gasteiger partial charge in [0.1, 0.15) is 0 Å². The van der Waals surface area contributed by atoms with Gasteiger partial charge in [-0.2, -0.15) is 0 Å². The van der Waals surface area contributed by atoms with E-state index < -0.39 is 0 Å². The summed E-state index contributed by atoms with van der Waals surface area (Å²) in [5, 5.41) is 0. The molecule has 0 bridgehead atoms. The Kier molecular flexibility index (Phi) is 4.41. The van der Waals surface area contributed by atoms with Gasteiger partial charge in [-0.15, -0.1) is 0 Å². The minimum Gasteiger partial charge on any atom is -0.450 e. The molecule has 2 aliphatic rings. The van der Waals surface area contributed by atoms with Crippen molar-refractivity contribution in [2.24, 2.45) is 0 Å². The van der Waals surface area contributed by atoms with Crippen molar-refractivity contribution in [1.29, 1.82) is 0 Å². The van der Waals surface area contributed by atoms with Gasteiger partial charge in [0.25, 0.3) is 0 Å². The van der Waals surface area contributed by atoms with Crippen LogP contribution in [0, 0.1) is 0 Å². The number of benzene rings is 1. The summed E-state index contributed by atoms with van der Waals surface area (Å²) in [6, 6.07) is 8.27. The topological polar surface area (TPSA) is 53.1 Å². The van der Waals surface area contributed by atoms with Gasteiger partial charge in [0.2, 0.25) is 0 Å². The quantitative estimate of drug-likeness (QED) is 0.799. The molecular formula is C17H23N3O3. The summed E-state index contributed by atoms with van der Waals surface area (Å²) in [5.41, 5.74) is 2.23. The molecule has 1 aromatic carbocycles. The Morgan fingerprint density at radius 2 is 1.78 bits per heavy atom. The summed E-state index contributed by atoms with van der Waals surface area (Å²) < 4.78 is 5.01. The van der Waals surface area contributed by atoms with Crippen LogP contribution in [0.3, 0.4) is 0 Å². The van der Waals surface area contributed by atoms with Crippen LogP contribution in [0.4, 0.5) is 15.3 Å². The van der Waals surface area contributed by atoms with E-state index in [1.807, 2.05) is 28.0 Å². The summed E-state index contributed by atoms with van der Waals surface area (Å²) in [7, 11) is 0. The number of urea groups is 1. The molecule has 3 amide bonds. The average Bonchev–Trinajstić information content (AvgIpc) is 2.90. The number of hydrogen-bond donors (Lipinski definition) is 0. The summed E-state index contributed by atoms with van der Waals surface area (Å²) in [4.78, 5) is 30.0. The van der Waals surface area contributed by atoms with Gasteiger partial charge in [-0.1, -0.05) is 18.2 Å². The van der Waals surface area contributed by atoms with Gasteiger partial charge in [0.05, 0.1) is 6.61 Å². The fourth-order valence-electron chi connectivity index (χ4n) is 3.30. The second-order valence-corrected chi connectivity index (χ2v) is 6.01. The second kappa shape index (κ2) is 6.48. The van der Waals surface area contributed by atoms with E-state index >= 15 is 0 Å². The van der Waals surface area contributed by atoms with E-state index in [0.717, 1.165) is 12.1 Å². The molecule has 0 spiro atoms. The SMILES string of the molecule is CCOC(=O)N1CCN(C(=O)N2c3ccccc3CC2C)CC1. The fraction of sp³-hybridized carbons (Fsp3) is 0.529. The molecule has 1 fully saturated rings. The normalized spacial score (nSPS) is 20.4. The van der Waals surface area contributed by atoms with Crippen LogP contribution in [0.2, 0.25) is 0 Å². The van der Waals surface area contributed by atoms with Gasteiger partial charge in [0.15, 0.2) is 0 Å². The van der Waals surface area contributed by atoms with E-state index in [-0.39, 0.29) is 18.2 Å². The lowest BCUT2D eigenvalue weighted by Gasteiger charge is -2.37. The van der Waals surface area contributed by atoms with Crippen molar-refractivity contribution < 1.29 is 14.3 Å². The molecule has 6 nitrogen and oxygen atoms in total. The Labute approximate surface area is 136 Å². The Morgan fingerprint density at radius 1 is 1.13 bits per heavy atom. The van der Waals surface area contributed by atoms with Crippen molar-refractivity contribution in [3.05, 3.63) is 29.8 Å². The highest BCUT2D eigenvalue weighted by Crippen LogP contribution is 2.32. The number of para-hydroxylation sites is 1. The lowest BCUT2D eigenvalue weighted by atomic mass is 10.1. The molecule has 1 atom stereocenters. The average molecular weight is 317 g/mol. The molecule has 2 aliphatic heterocycles. The first-order valence-corrected chi connectivity index (χ1v) is 8.19. The molecule has 0 N–H and O–H groups in total. The van der Waals surface area contributed by atoms with Crippen LogP contribution < -0.4 is 4.90 Å². The van der Waals surface area contributed by atoms with Crippen molar-refractivity contribution in [3.8, 4) is 0 Å².